The second-order valence-corrected chi connectivity index (χ2v) is 6.29. The molecule has 0 N–H and O–H groups in total. The molecule has 4 nitrogen and oxygen atoms in total. The average molecular weight is 295 g/mol. The lowest BCUT2D eigenvalue weighted by Crippen LogP contribution is -2.48. The Bertz CT molecular complexity index is 551. The SMILES string of the molecule is Cc1ccc(C(C)(C=O)N(C)C(=O)OC(C)(C)C)c(F)c1. The second kappa shape index (κ2) is 5.84. The van der Waals surface area contributed by atoms with E-state index in [-0.39, 0.29) is 5.56 Å². The molecule has 1 aromatic carbocycles. The number of ether oxygens (including phenoxy) is 1. The Morgan fingerprint density at radius 2 is 1.86 bits per heavy atom. The molecule has 5 heteroatoms. The number of aryl methyl sites for hydroxylation is 1. The van der Waals surface area contributed by atoms with E-state index in [4.69, 9.17) is 4.74 Å². The minimum absolute atomic E-state index is 0.136. The van der Waals surface area contributed by atoms with Crippen molar-refractivity contribution in [2.75, 3.05) is 7.05 Å². The Labute approximate surface area is 124 Å². The van der Waals surface area contributed by atoms with E-state index in [9.17, 15) is 14.0 Å². The summed E-state index contributed by atoms with van der Waals surface area (Å²) in [5, 5.41) is 0. The highest BCUT2D eigenvalue weighted by Gasteiger charge is 2.38. The molecule has 1 unspecified atom stereocenters. The number of benzene rings is 1. The number of hydrogen-bond acceptors (Lipinski definition) is 3. The van der Waals surface area contributed by atoms with Gasteiger partial charge < -0.3 is 9.53 Å². The normalized spacial score (nSPS) is 14.2. The maximum absolute atomic E-state index is 14.2. The minimum Gasteiger partial charge on any atom is -0.444 e. The summed E-state index contributed by atoms with van der Waals surface area (Å²) in [6, 6.07) is 4.54. The van der Waals surface area contributed by atoms with E-state index in [2.05, 4.69) is 0 Å². The Kier molecular flexibility index (Phi) is 4.76. The van der Waals surface area contributed by atoms with E-state index in [0.29, 0.717) is 6.29 Å². The van der Waals surface area contributed by atoms with Crippen molar-refractivity contribution >= 4 is 12.4 Å². The van der Waals surface area contributed by atoms with Crippen LogP contribution in [0.2, 0.25) is 0 Å². The van der Waals surface area contributed by atoms with Gasteiger partial charge in [-0.1, -0.05) is 12.1 Å². The van der Waals surface area contributed by atoms with Gasteiger partial charge >= 0.3 is 6.09 Å². The first-order valence-corrected chi connectivity index (χ1v) is 6.71. The Morgan fingerprint density at radius 3 is 2.29 bits per heavy atom. The lowest BCUT2D eigenvalue weighted by Gasteiger charge is -2.35. The van der Waals surface area contributed by atoms with Gasteiger partial charge in [-0.3, -0.25) is 4.90 Å². The van der Waals surface area contributed by atoms with Crippen LogP contribution in [-0.2, 0) is 15.1 Å². The van der Waals surface area contributed by atoms with Crippen LogP contribution in [0.5, 0.6) is 0 Å². The van der Waals surface area contributed by atoms with Crippen molar-refractivity contribution in [1.82, 2.24) is 4.90 Å². The predicted octanol–water partition coefficient (Wildman–Crippen LogP) is 3.42. The molecule has 0 fully saturated rings. The summed E-state index contributed by atoms with van der Waals surface area (Å²) in [5.74, 6) is -0.528. The molecule has 0 saturated carbocycles. The molecule has 0 radical (unpaired) electrons. The molecule has 1 rings (SSSR count). The summed E-state index contributed by atoms with van der Waals surface area (Å²) in [5.41, 5.74) is -1.25. The zero-order valence-electron chi connectivity index (χ0n) is 13.4. The molecule has 0 saturated heterocycles. The highest BCUT2D eigenvalue weighted by atomic mass is 19.1. The average Bonchev–Trinajstić information content (AvgIpc) is 2.34. The summed E-state index contributed by atoms with van der Waals surface area (Å²) >= 11 is 0. The molecule has 1 atom stereocenters. The highest BCUT2D eigenvalue weighted by molar-refractivity contribution is 5.78. The summed E-state index contributed by atoms with van der Waals surface area (Å²) < 4.78 is 19.4. The minimum atomic E-state index is -1.43. The van der Waals surface area contributed by atoms with E-state index >= 15 is 0 Å². The molecule has 1 amide bonds. The first-order chi connectivity index (χ1) is 9.51. The fourth-order valence-corrected chi connectivity index (χ4v) is 1.87. The molecule has 21 heavy (non-hydrogen) atoms. The molecule has 0 aliphatic rings. The van der Waals surface area contributed by atoms with Crippen LogP contribution in [0.25, 0.3) is 0 Å². The van der Waals surface area contributed by atoms with Gasteiger partial charge in [0.15, 0.2) is 0 Å². The van der Waals surface area contributed by atoms with Gasteiger partial charge in [-0.05, 0) is 46.2 Å². The fourth-order valence-electron chi connectivity index (χ4n) is 1.87. The van der Waals surface area contributed by atoms with Crippen LogP contribution < -0.4 is 0 Å². The van der Waals surface area contributed by atoms with Gasteiger partial charge in [-0.25, -0.2) is 9.18 Å². The topological polar surface area (TPSA) is 46.6 Å². The first-order valence-electron chi connectivity index (χ1n) is 6.71. The number of rotatable bonds is 3. The number of amides is 1. The van der Waals surface area contributed by atoms with Crippen molar-refractivity contribution in [2.45, 2.75) is 45.8 Å². The third-order valence-electron chi connectivity index (χ3n) is 3.26. The summed E-state index contributed by atoms with van der Waals surface area (Å²) in [6.07, 6.45) is -0.137. The third-order valence-corrected chi connectivity index (χ3v) is 3.26. The Hall–Kier alpha value is -1.91. The third kappa shape index (κ3) is 3.80. The van der Waals surface area contributed by atoms with Crippen molar-refractivity contribution in [3.8, 4) is 0 Å². The summed E-state index contributed by atoms with van der Waals surface area (Å²) in [6.45, 7) is 8.41. The smallest absolute Gasteiger partial charge is 0.411 e. The van der Waals surface area contributed by atoms with E-state index in [1.165, 1.54) is 26.1 Å². The number of carbonyl (C=O) groups excluding carboxylic acids is 2. The monoisotopic (exact) mass is 295 g/mol. The number of aldehydes is 1. The molecule has 0 aliphatic carbocycles. The number of hydrogen-bond donors (Lipinski definition) is 0. The quantitative estimate of drug-likeness (QED) is 0.803. The number of halogens is 1. The lowest BCUT2D eigenvalue weighted by molar-refractivity contribution is -0.117. The van der Waals surface area contributed by atoms with Crippen LogP contribution >= 0.6 is 0 Å². The first kappa shape index (κ1) is 17.1. The molecular formula is C16H22FNO3. The van der Waals surface area contributed by atoms with Crippen LogP contribution in [0.1, 0.15) is 38.8 Å². The fraction of sp³-hybridized carbons (Fsp3) is 0.500. The van der Waals surface area contributed by atoms with Crippen LogP contribution in [-0.4, -0.2) is 29.9 Å². The van der Waals surface area contributed by atoms with E-state index < -0.39 is 23.1 Å². The van der Waals surface area contributed by atoms with Gasteiger partial charge in [0, 0.05) is 12.6 Å². The highest BCUT2D eigenvalue weighted by Crippen LogP contribution is 2.29. The maximum atomic E-state index is 14.2. The molecule has 116 valence electrons. The Morgan fingerprint density at radius 1 is 1.29 bits per heavy atom. The van der Waals surface area contributed by atoms with Gasteiger partial charge in [0.1, 0.15) is 23.2 Å². The number of carbonyl (C=O) groups is 2. The van der Waals surface area contributed by atoms with Crippen LogP contribution in [0.4, 0.5) is 9.18 Å². The van der Waals surface area contributed by atoms with Crippen molar-refractivity contribution in [3.05, 3.63) is 35.1 Å². The van der Waals surface area contributed by atoms with Gasteiger partial charge in [0.2, 0.25) is 0 Å². The van der Waals surface area contributed by atoms with Gasteiger partial charge in [0.25, 0.3) is 0 Å². The van der Waals surface area contributed by atoms with E-state index in [0.717, 1.165) is 10.5 Å². The zero-order chi connectivity index (χ0) is 16.4. The standard InChI is InChI=1S/C16H22FNO3/c1-11-7-8-12(13(17)9-11)16(5,10-19)18(6)14(20)21-15(2,3)4/h7-10H,1-6H3. The lowest BCUT2D eigenvalue weighted by atomic mass is 9.91. The maximum Gasteiger partial charge on any atom is 0.411 e. The molecule has 0 heterocycles. The summed E-state index contributed by atoms with van der Waals surface area (Å²) in [4.78, 5) is 24.8. The largest absolute Gasteiger partial charge is 0.444 e. The van der Waals surface area contributed by atoms with Gasteiger partial charge in [0.05, 0.1) is 0 Å². The van der Waals surface area contributed by atoms with Crippen LogP contribution in [0.3, 0.4) is 0 Å². The van der Waals surface area contributed by atoms with E-state index in [1.54, 1.807) is 33.8 Å². The molecule has 0 aliphatic heterocycles. The second-order valence-electron chi connectivity index (χ2n) is 6.29. The molecule has 1 aromatic rings. The Balaban J connectivity index is 3.20. The molecule has 0 aromatic heterocycles. The van der Waals surface area contributed by atoms with Crippen molar-refractivity contribution in [3.63, 3.8) is 0 Å². The van der Waals surface area contributed by atoms with Crippen molar-refractivity contribution in [1.29, 1.82) is 0 Å². The zero-order valence-corrected chi connectivity index (χ0v) is 13.4. The molecule has 0 bridgehead atoms. The van der Waals surface area contributed by atoms with Crippen molar-refractivity contribution in [2.24, 2.45) is 0 Å². The summed E-state index contributed by atoms with van der Waals surface area (Å²) in [7, 11) is 1.42. The molecular weight excluding hydrogens is 273 g/mol. The predicted molar refractivity (Wildman–Crippen MR) is 78.6 cm³/mol. The number of likely N-dealkylation sites (N-methyl/N-ethyl adjacent to an activating group) is 1. The van der Waals surface area contributed by atoms with Crippen LogP contribution in [0, 0.1) is 12.7 Å². The van der Waals surface area contributed by atoms with Gasteiger partial charge in [-0.2, -0.15) is 0 Å². The number of nitrogens with zero attached hydrogens (tertiary/aromatic N) is 1. The van der Waals surface area contributed by atoms with Crippen LogP contribution in [0.15, 0.2) is 18.2 Å². The molecule has 0 spiro atoms. The van der Waals surface area contributed by atoms with Crippen molar-refractivity contribution < 1.29 is 18.7 Å². The van der Waals surface area contributed by atoms with E-state index in [1.807, 2.05) is 0 Å². The van der Waals surface area contributed by atoms with Gasteiger partial charge in [-0.15, -0.1) is 0 Å².